The van der Waals surface area contributed by atoms with Gasteiger partial charge in [0.05, 0.1) is 10.2 Å². The van der Waals surface area contributed by atoms with E-state index in [9.17, 15) is 14.0 Å². The zero-order valence-electron chi connectivity index (χ0n) is 12.3. The van der Waals surface area contributed by atoms with Gasteiger partial charge in [-0.2, -0.15) is 14.0 Å². The number of benzene rings is 2. The second-order valence-corrected chi connectivity index (χ2v) is 8.37. The fourth-order valence-corrected chi connectivity index (χ4v) is 5.34. The molecule has 1 atom stereocenters. The predicted molar refractivity (Wildman–Crippen MR) is 88.9 cm³/mol. The minimum Gasteiger partial charge on any atom is -0.183 e. The van der Waals surface area contributed by atoms with Gasteiger partial charge >= 0.3 is 4.27 Å². The van der Waals surface area contributed by atoms with Crippen LogP contribution >= 0.6 is 23.5 Å². The lowest BCUT2D eigenvalue weighted by Gasteiger charge is -2.22. The van der Waals surface area contributed by atoms with E-state index in [0.29, 0.717) is 0 Å². The average molecular weight is 381 g/mol. The van der Waals surface area contributed by atoms with Gasteiger partial charge in [-0.15, -0.1) is 0 Å². The molecule has 4 nitrogen and oxygen atoms in total. The normalized spacial score (nSPS) is 21.2. The SMILES string of the molecule is [O-][Cl+3]([O-])([O-])OC1(/C=C/c2ccccc2)SC=C(c2ccccc2)S1. The van der Waals surface area contributed by atoms with Gasteiger partial charge in [-0.1, -0.05) is 90.3 Å². The molecule has 0 amide bonds. The lowest BCUT2D eigenvalue weighted by molar-refractivity contribution is -1.92. The molecule has 0 spiro atoms. The number of hydrogen-bond acceptors (Lipinski definition) is 6. The Morgan fingerprint density at radius 3 is 2.17 bits per heavy atom. The Kier molecular flexibility index (Phi) is 5.36. The monoisotopic (exact) mass is 380 g/mol. The van der Waals surface area contributed by atoms with E-state index in [0.717, 1.165) is 27.8 Å². The van der Waals surface area contributed by atoms with E-state index in [-0.39, 0.29) is 0 Å². The molecule has 2 aromatic carbocycles. The summed E-state index contributed by atoms with van der Waals surface area (Å²) in [7, 11) is -4.56. The Labute approximate surface area is 150 Å². The molecule has 2 aromatic rings. The first-order valence-corrected chi connectivity index (χ1v) is 9.87. The van der Waals surface area contributed by atoms with E-state index in [1.807, 2.05) is 60.7 Å². The molecule has 0 aromatic heterocycles. The van der Waals surface area contributed by atoms with Crippen molar-refractivity contribution in [3.63, 3.8) is 0 Å². The van der Waals surface area contributed by atoms with Crippen molar-refractivity contribution in [1.82, 2.24) is 0 Å². The fourth-order valence-electron chi connectivity index (χ4n) is 2.09. The first kappa shape index (κ1) is 17.6. The highest BCUT2D eigenvalue weighted by Crippen LogP contribution is 2.55. The van der Waals surface area contributed by atoms with Crippen molar-refractivity contribution in [3.8, 4) is 0 Å². The number of hydrogen-bond donors (Lipinski definition) is 0. The summed E-state index contributed by atoms with van der Waals surface area (Å²) in [4.78, 5) is 0.845. The molecule has 3 rings (SSSR count). The standard InChI is InChI=1S/C17H13ClO4S2/c19-18(20,21)22-17(12-11-14-7-3-1-4-8-14)23-13-16(24-17)15-9-5-2-6-10-15/h1-13H/b12-11+. The Bertz CT molecular complexity index is 744. The van der Waals surface area contributed by atoms with Crippen LogP contribution in [-0.2, 0) is 4.29 Å². The highest BCUT2D eigenvalue weighted by molar-refractivity contribution is 8.27. The van der Waals surface area contributed by atoms with Crippen LogP contribution in [0.2, 0.25) is 0 Å². The van der Waals surface area contributed by atoms with Crippen molar-refractivity contribution in [2.45, 2.75) is 4.27 Å². The highest BCUT2D eigenvalue weighted by atomic mass is 35.7. The second kappa shape index (κ2) is 7.33. The van der Waals surface area contributed by atoms with Crippen molar-refractivity contribution < 1.29 is 28.5 Å². The summed E-state index contributed by atoms with van der Waals surface area (Å²) in [6.07, 6.45) is 3.33. The van der Waals surface area contributed by atoms with Crippen molar-refractivity contribution in [1.29, 1.82) is 0 Å². The van der Waals surface area contributed by atoms with E-state index in [2.05, 4.69) is 0 Å². The minimum atomic E-state index is -4.56. The zero-order valence-corrected chi connectivity index (χ0v) is 14.7. The third kappa shape index (κ3) is 4.64. The van der Waals surface area contributed by atoms with Gasteiger partial charge in [-0.05, 0) is 22.6 Å². The van der Waals surface area contributed by atoms with Crippen molar-refractivity contribution in [2.75, 3.05) is 0 Å². The Morgan fingerprint density at radius 1 is 0.917 bits per heavy atom. The number of halogens is 1. The van der Waals surface area contributed by atoms with Crippen LogP contribution < -0.4 is 14.0 Å². The third-order valence-corrected chi connectivity index (χ3v) is 6.40. The van der Waals surface area contributed by atoms with Crippen molar-refractivity contribution in [2.24, 2.45) is 0 Å². The second-order valence-electron chi connectivity index (χ2n) is 4.87. The zero-order chi connectivity index (χ0) is 17.0. The quantitative estimate of drug-likeness (QED) is 0.786. The van der Waals surface area contributed by atoms with Crippen LogP contribution in [0.5, 0.6) is 0 Å². The van der Waals surface area contributed by atoms with Crippen LogP contribution in [0.3, 0.4) is 0 Å². The van der Waals surface area contributed by atoms with Crippen LogP contribution in [0, 0.1) is 10.2 Å². The van der Waals surface area contributed by atoms with Gasteiger partial charge in [0.1, 0.15) is 4.29 Å². The van der Waals surface area contributed by atoms with Gasteiger partial charge < -0.3 is 0 Å². The number of rotatable bonds is 5. The predicted octanol–water partition coefficient (Wildman–Crippen LogP) is 1.75. The smallest absolute Gasteiger partial charge is 0.183 e. The topological polar surface area (TPSA) is 78.4 Å². The van der Waals surface area contributed by atoms with Gasteiger partial charge in [0, 0.05) is 4.91 Å². The lowest BCUT2D eigenvalue weighted by atomic mass is 10.2. The Morgan fingerprint density at radius 2 is 1.54 bits per heavy atom. The lowest BCUT2D eigenvalue weighted by Crippen LogP contribution is -2.63. The maximum absolute atomic E-state index is 11.2. The van der Waals surface area contributed by atoms with Crippen molar-refractivity contribution >= 4 is 34.5 Å². The van der Waals surface area contributed by atoms with E-state index < -0.39 is 14.5 Å². The van der Waals surface area contributed by atoms with Gasteiger partial charge in [0.15, 0.2) is 0 Å². The van der Waals surface area contributed by atoms with Gasteiger partial charge in [-0.25, -0.2) is 0 Å². The molecular weight excluding hydrogens is 368 g/mol. The number of thioether (sulfide) groups is 2. The molecule has 0 bridgehead atoms. The molecular formula is C17H13ClO4S2. The molecule has 24 heavy (non-hydrogen) atoms. The van der Waals surface area contributed by atoms with Crippen molar-refractivity contribution in [3.05, 3.63) is 83.3 Å². The fraction of sp³-hybridized carbons (Fsp3) is 0.0588. The highest BCUT2D eigenvalue weighted by Gasteiger charge is 2.49. The van der Waals surface area contributed by atoms with Gasteiger partial charge in [0.2, 0.25) is 0 Å². The van der Waals surface area contributed by atoms with Crippen LogP contribution in [-0.4, -0.2) is 4.27 Å². The van der Waals surface area contributed by atoms with Gasteiger partial charge in [0.25, 0.3) is 0 Å². The molecule has 0 saturated heterocycles. The molecule has 124 valence electrons. The summed E-state index contributed by atoms with van der Waals surface area (Å²) in [5, 5.41) is 1.80. The van der Waals surface area contributed by atoms with E-state index >= 15 is 0 Å². The maximum Gasteiger partial charge on any atom is 0.342 e. The first-order valence-electron chi connectivity index (χ1n) is 6.94. The molecule has 0 N–H and O–H groups in total. The third-order valence-electron chi connectivity index (χ3n) is 3.12. The molecule has 1 unspecified atom stereocenters. The van der Waals surface area contributed by atoms with E-state index in [1.165, 1.54) is 11.8 Å². The summed E-state index contributed by atoms with van der Waals surface area (Å²) < 4.78 is 37.0. The summed E-state index contributed by atoms with van der Waals surface area (Å²) in [5.41, 5.74) is 1.82. The summed E-state index contributed by atoms with van der Waals surface area (Å²) in [6, 6.07) is 18.9. The average Bonchev–Trinajstić information content (AvgIpc) is 2.97. The molecule has 1 aliphatic rings. The van der Waals surface area contributed by atoms with Gasteiger partial charge in [-0.3, -0.25) is 0 Å². The van der Waals surface area contributed by atoms with Crippen LogP contribution in [0.15, 0.2) is 72.1 Å². The van der Waals surface area contributed by atoms with Crippen LogP contribution in [0.25, 0.3) is 11.0 Å². The van der Waals surface area contributed by atoms with Crippen LogP contribution in [0.1, 0.15) is 11.1 Å². The maximum atomic E-state index is 11.2. The Balaban J connectivity index is 1.85. The first-order chi connectivity index (χ1) is 11.5. The summed E-state index contributed by atoms with van der Waals surface area (Å²) >= 11 is 2.33. The molecule has 0 saturated carbocycles. The largest absolute Gasteiger partial charge is 0.342 e. The molecule has 7 heteroatoms. The summed E-state index contributed by atoms with van der Waals surface area (Å²) in [5.74, 6) is 0. The summed E-state index contributed by atoms with van der Waals surface area (Å²) in [6.45, 7) is 0. The Hall–Kier alpha value is -1.25. The van der Waals surface area contributed by atoms with E-state index in [4.69, 9.17) is 4.29 Å². The molecule has 0 aliphatic carbocycles. The molecule has 1 aliphatic heterocycles. The molecule has 0 fully saturated rings. The van der Waals surface area contributed by atoms with Crippen LogP contribution in [0.4, 0.5) is 0 Å². The minimum absolute atomic E-state index is 0.845. The van der Waals surface area contributed by atoms with E-state index in [1.54, 1.807) is 17.6 Å². The molecule has 1 heterocycles. The molecule has 0 radical (unpaired) electrons.